The van der Waals surface area contributed by atoms with Crippen molar-refractivity contribution in [3.05, 3.63) is 51.7 Å². The van der Waals surface area contributed by atoms with Crippen molar-refractivity contribution in [1.82, 2.24) is 5.32 Å². The van der Waals surface area contributed by atoms with Gasteiger partial charge in [-0.1, -0.05) is 23.8 Å². The summed E-state index contributed by atoms with van der Waals surface area (Å²) in [5.41, 5.74) is 2.48. The summed E-state index contributed by atoms with van der Waals surface area (Å²) < 4.78 is 5.42. The third-order valence-electron chi connectivity index (χ3n) is 3.01. The number of thiophene rings is 1. The Kier molecular flexibility index (Phi) is 4.39. The van der Waals surface area contributed by atoms with Crippen LogP contribution in [-0.4, -0.2) is 7.11 Å². The molecule has 1 aromatic carbocycles. The molecule has 0 radical (unpaired) electrons. The van der Waals surface area contributed by atoms with Gasteiger partial charge in [0, 0.05) is 23.0 Å². The lowest BCUT2D eigenvalue weighted by Gasteiger charge is -2.17. The Morgan fingerprint density at radius 1 is 1.33 bits per heavy atom. The Morgan fingerprint density at radius 2 is 2.17 bits per heavy atom. The first kappa shape index (κ1) is 13.1. The number of hydrogen-bond donors (Lipinski definition) is 1. The van der Waals surface area contributed by atoms with Crippen LogP contribution in [0.5, 0.6) is 5.75 Å². The maximum Gasteiger partial charge on any atom is 0.123 e. The molecule has 2 rings (SSSR count). The molecule has 0 aliphatic rings. The lowest BCUT2D eigenvalue weighted by molar-refractivity contribution is 0.401. The standard InChI is InChI=1S/C15H19NOS/c1-11-6-7-15(17-3)14(9-11)12(2)16-10-13-5-4-8-18-13/h4-9,12,16H,10H2,1-3H3. The zero-order valence-electron chi connectivity index (χ0n) is 11.1. The summed E-state index contributed by atoms with van der Waals surface area (Å²) in [6, 6.07) is 10.8. The molecule has 1 unspecified atom stereocenters. The van der Waals surface area contributed by atoms with Gasteiger partial charge in [-0.25, -0.2) is 0 Å². The fourth-order valence-corrected chi connectivity index (χ4v) is 2.62. The van der Waals surface area contributed by atoms with Gasteiger partial charge in [0.25, 0.3) is 0 Å². The van der Waals surface area contributed by atoms with Gasteiger partial charge in [-0.3, -0.25) is 0 Å². The van der Waals surface area contributed by atoms with E-state index in [0.29, 0.717) is 0 Å². The van der Waals surface area contributed by atoms with Crippen LogP contribution in [0.1, 0.15) is 29.0 Å². The minimum absolute atomic E-state index is 0.280. The van der Waals surface area contributed by atoms with E-state index >= 15 is 0 Å². The van der Waals surface area contributed by atoms with Crippen LogP contribution >= 0.6 is 11.3 Å². The molecule has 0 saturated heterocycles. The number of ether oxygens (including phenoxy) is 1. The van der Waals surface area contributed by atoms with Crippen molar-refractivity contribution in [3.63, 3.8) is 0 Å². The number of aryl methyl sites for hydroxylation is 1. The van der Waals surface area contributed by atoms with E-state index in [2.05, 4.69) is 48.8 Å². The Balaban J connectivity index is 2.08. The van der Waals surface area contributed by atoms with Crippen molar-refractivity contribution >= 4 is 11.3 Å². The SMILES string of the molecule is COc1ccc(C)cc1C(C)NCc1cccs1. The largest absolute Gasteiger partial charge is 0.496 e. The van der Waals surface area contributed by atoms with Crippen molar-refractivity contribution in [3.8, 4) is 5.75 Å². The minimum atomic E-state index is 0.280. The van der Waals surface area contributed by atoms with E-state index in [1.807, 2.05) is 6.07 Å². The first-order chi connectivity index (χ1) is 8.70. The van der Waals surface area contributed by atoms with E-state index in [1.54, 1.807) is 18.4 Å². The summed E-state index contributed by atoms with van der Waals surface area (Å²) in [5, 5.41) is 5.64. The number of nitrogens with one attached hydrogen (secondary N) is 1. The summed E-state index contributed by atoms with van der Waals surface area (Å²) in [5.74, 6) is 0.951. The quantitative estimate of drug-likeness (QED) is 0.881. The third-order valence-corrected chi connectivity index (χ3v) is 3.89. The molecule has 1 N–H and O–H groups in total. The van der Waals surface area contributed by atoms with E-state index in [0.717, 1.165) is 12.3 Å². The monoisotopic (exact) mass is 261 g/mol. The smallest absolute Gasteiger partial charge is 0.123 e. The van der Waals surface area contributed by atoms with Crippen molar-refractivity contribution in [2.45, 2.75) is 26.4 Å². The molecule has 0 bridgehead atoms. The highest BCUT2D eigenvalue weighted by Crippen LogP contribution is 2.26. The molecule has 1 heterocycles. The molecule has 3 heteroatoms. The van der Waals surface area contributed by atoms with Crippen molar-refractivity contribution in [2.75, 3.05) is 7.11 Å². The van der Waals surface area contributed by atoms with Gasteiger partial charge in [0.2, 0.25) is 0 Å². The average Bonchev–Trinajstić information content (AvgIpc) is 2.89. The zero-order valence-corrected chi connectivity index (χ0v) is 11.9. The molecule has 0 aliphatic carbocycles. The predicted molar refractivity (Wildman–Crippen MR) is 77.3 cm³/mol. The van der Waals surface area contributed by atoms with Crippen LogP contribution in [0.25, 0.3) is 0 Å². The number of rotatable bonds is 5. The Bertz CT molecular complexity index is 493. The van der Waals surface area contributed by atoms with Gasteiger partial charge in [-0.2, -0.15) is 0 Å². The highest BCUT2D eigenvalue weighted by atomic mass is 32.1. The molecule has 0 spiro atoms. The fraction of sp³-hybridized carbons (Fsp3) is 0.333. The second-order valence-corrected chi connectivity index (χ2v) is 5.46. The number of hydrogen-bond acceptors (Lipinski definition) is 3. The van der Waals surface area contributed by atoms with Gasteiger partial charge in [-0.05, 0) is 31.4 Å². The van der Waals surface area contributed by atoms with Crippen LogP contribution in [0, 0.1) is 6.92 Å². The number of methoxy groups -OCH3 is 1. The molecule has 0 aliphatic heterocycles. The summed E-state index contributed by atoms with van der Waals surface area (Å²) in [7, 11) is 1.72. The van der Waals surface area contributed by atoms with E-state index in [1.165, 1.54) is 16.0 Å². The Labute approximate surface area is 113 Å². The predicted octanol–water partition coefficient (Wildman–Crippen LogP) is 3.92. The highest BCUT2D eigenvalue weighted by molar-refractivity contribution is 7.09. The lowest BCUT2D eigenvalue weighted by atomic mass is 10.0. The first-order valence-corrected chi connectivity index (χ1v) is 6.99. The van der Waals surface area contributed by atoms with Crippen LogP contribution in [0.2, 0.25) is 0 Å². The maximum atomic E-state index is 5.42. The summed E-state index contributed by atoms with van der Waals surface area (Å²) in [4.78, 5) is 1.36. The van der Waals surface area contributed by atoms with Gasteiger partial charge in [0.05, 0.1) is 7.11 Å². The molecule has 96 valence electrons. The molecule has 2 aromatic rings. The van der Waals surface area contributed by atoms with E-state index in [9.17, 15) is 0 Å². The molecular formula is C15H19NOS. The van der Waals surface area contributed by atoms with Crippen LogP contribution in [0.4, 0.5) is 0 Å². The van der Waals surface area contributed by atoms with Gasteiger partial charge in [0.15, 0.2) is 0 Å². The Hall–Kier alpha value is -1.32. The molecule has 2 nitrogen and oxygen atoms in total. The van der Waals surface area contributed by atoms with Crippen LogP contribution < -0.4 is 10.1 Å². The minimum Gasteiger partial charge on any atom is -0.496 e. The summed E-state index contributed by atoms with van der Waals surface area (Å²) >= 11 is 1.78. The molecule has 0 fully saturated rings. The topological polar surface area (TPSA) is 21.3 Å². The van der Waals surface area contributed by atoms with Crippen molar-refractivity contribution < 1.29 is 4.74 Å². The molecule has 0 saturated carbocycles. The van der Waals surface area contributed by atoms with Gasteiger partial charge in [0.1, 0.15) is 5.75 Å². The molecule has 1 aromatic heterocycles. The van der Waals surface area contributed by atoms with E-state index in [4.69, 9.17) is 4.74 Å². The summed E-state index contributed by atoms with van der Waals surface area (Å²) in [6.45, 7) is 5.18. The van der Waals surface area contributed by atoms with Crippen LogP contribution in [0.3, 0.4) is 0 Å². The zero-order chi connectivity index (χ0) is 13.0. The molecule has 0 amide bonds. The van der Waals surface area contributed by atoms with Crippen LogP contribution in [0.15, 0.2) is 35.7 Å². The lowest BCUT2D eigenvalue weighted by Crippen LogP contribution is -2.18. The normalized spacial score (nSPS) is 12.4. The summed E-state index contributed by atoms with van der Waals surface area (Å²) in [6.07, 6.45) is 0. The fourth-order valence-electron chi connectivity index (χ4n) is 1.97. The second-order valence-electron chi connectivity index (χ2n) is 4.43. The average molecular weight is 261 g/mol. The molecular weight excluding hydrogens is 242 g/mol. The number of benzene rings is 1. The van der Waals surface area contributed by atoms with E-state index < -0.39 is 0 Å². The van der Waals surface area contributed by atoms with Gasteiger partial charge in [-0.15, -0.1) is 11.3 Å². The van der Waals surface area contributed by atoms with Gasteiger partial charge >= 0.3 is 0 Å². The van der Waals surface area contributed by atoms with Crippen molar-refractivity contribution in [1.29, 1.82) is 0 Å². The van der Waals surface area contributed by atoms with Crippen molar-refractivity contribution in [2.24, 2.45) is 0 Å². The van der Waals surface area contributed by atoms with Gasteiger partial charge < -0.3 is 10.1 Å². The van der Waals surface area contributed by atoms with E-state index in [-0.39, 0.29) is 6.04 Å². The third kappa shape index (κ3) is 3.12. The molecule has 1 atom stereocenters. The first-order valence-electron chi connectivity index (χ1n) is 6.11. The highest BCUT2D eigenvalue weighted by Gasteiger charge is 2.11. The maximum absolute atomic E-state index is 5.42. The second kappa shape index (κ2) is 6.03. The Morgan fingerprint density at radius 3 is 2.83 bits per heavy atom. The van der Waals surface area contributed by atoms with Crippen LogP contribution in [-0.2, 0) is 6.54 Å². The molecule has 18 heavy (non-hydrogen) atoms.